The second kappa shape index (κ2) is 5.52. The number of anilines is 1. The third-order valence-electron chi connectivity index (χ3n) is 4.19. The Morgan fingerprint density at radius 1 is 0.880 bits per heavy atom. The number of hydrogen-bond donors (Lipinski definition) is 1. The Hall–Kier alpha value is -3.54. The molecule has 6 nitrogen and oxygen atoms in total. The maximum absolute atomic E-state index is 11.9. The number of phenolic OH excluding ortho intramolecular Hbond substituents is 1. The van der Waals surface area contributed by atoms with Gasteiger partial charge in [-0.3, -0.25) is 19.6 Å². The van der Waals surface area contributed by atoms with Gasteiger partial charge in [-0.05, 0) is 18.2 Å². The van der Waals surface area contributed by atoms with Gasteiger partial charge in [0.05, 0.1) is 5.69 Å². The molecule has 2 aliphatic rings. The Bertz CT molecular complexity index is 931. The van der Waals surface area contributed by atoms with Crippen molar-refractivity contribution >= 4 is 29.9 Å². The second-order valence-electron chi connectivity index (χ2n) is 5.64. The van der Waals surface area contributed by atoms with Gasteiger partial charge in [-0.25, -0.2) is 4.90 Å². The summed E-state index contributed by atoms with van der Waals surface area (Å²) < 4.78 is 0. The van der Waals surface area contributed by atoms with Crippen LogP contribution in [0.25, 0.3) is 0 Å². The number of imide groups is 1. The van der Waals surface area contributed by atoms with Crippen LogP contribution < -0.4 is 4.90 Å². The van der Waals surface area contributed by atoms with Crippen LogP contribution in [-0.4, -0.2) is 29.4 Å². The van der Waals surface area contributed by atoms with E-state index in [2.05, 4.69) is 9.98 Å². The van der Waals surface area contributed by atoms with E-state index in [9.17, 15) is 14.7 Å². The van der Waals surface area contributed by atoms with E-state index in [1.54, 1.807) is 18.5 Å². The fourth-order valence-corrected chi connectivity index (χ4v) is 3.03. The molecule has 0 radical (unpaired) electrons. The molecule has 122 valence electrons. The van der Waals surface area contributed by atoms with Crippen LogP contribution >= 0.6 is 0 Å². The average Bonchev–Trinajstić information content (AvgIpc) is 3.25. The molecule has 4 rings (SSSR count). The molecule has 0 saturated heterocycles. The smallest absolute Gasteiger partial charge is 0.258 e. The van der Waals surface area contributed by atoms with Gasteiger partial charge in [0.25, 0.3) is 11.8 Å². The third-order valence-corrected chi connectivity index (χ3v) is 4.19. The van der Waals surface area contributed by atoms with Gasteiger partial charge in [-0.2, -0.15) is 0 Å². The molecule has 0 unspecified atom stereocenters. The van der Waals surface area contributed by atoms with Crippen molar-refractivity contribution in [2.75, 3.05) is 4.90 Å². The molecule has 0 fully saturated rings. The van der Waals surface area contributed by atoms with Crippen LogP contribution in [0, 0.1) is 0 Å². The maximum Gasteiger partial charge on any atom is 0.258 e. The summed E-state index contributed by atoms with van der Waals surface area (Å²) in [7, 11) is 0. The summed E-state index contributed by atoms with van der Waals surface area (Å²) in [6.07, 6.45) is 5.56. The highest BCUT2D eigenvalue weighted by Gasteiger charge is 2.38. The standard InChI is InChI=1S/C19H13N3O3/c23-16-7-6-14(22-17(24)8-9-18(22)25)12-15(16)19(20-10-11-21-19)13-4-2-1-3-5-13/h1-12,23H. The molecule has 2 aliphatic heterocycles. The van der Waals surface area contributed by atoms with Crippen LogP contribution in [0.2, 0.25) is 0 Å². The summed E-state index contributed by atoms with van der Waals surface area (Å²) in [5, 5.41) is 10.4. The van der Waals surface area contributed by atoms with Gasteiger partial charge in [-0.1, -0.05) is 30.3 Å². The number of phenols is 1. The monoisotopic (exact) mass is 331 g/mol. The predicted octanol–water partition coefficient (Wildman–Crippen LogP) is 2.18. The highest BCUT2D eigenvalue weighted by molar-refractivity contribution is 6.28. The van der Waals surface area contributed by atoms with E-state index < -0.39 is 17.5 Å². The van der Waals surface area contributed by atoms with Gasteiger partial charge < -0.3 is 5.11 Å². The average molecular weight is 331 g/mol. The van der Waals surface area contributed by atoms with Crippen LogP contribution in [0.15, 0.2) is 70.7 Å². The van der Waals surface area contributed by atoms with Crippen molar-refractivity contribution in [3.63, 3.8) is 0 Å². The molecular weight excluding hydrogens is 318 g/mol. The number of aliphatic imine (C=N–C) groups is 2. The molecule has 6 heteroatoms. The molecule has 0 aliphatic carbocycles. The van der Waals surface area contributed by atoms with Gasteiger partial charge in [-0.15, -0.1) is 0 Å². The van der Waals surface area contributed by atoms with Gasteiger partial charge in [0.15, 0.2) is 0 Å². The van der Waals surface area contributed by atoms with Gasteiger partial charge >= 0.3 is 0 Å². The normalized spacial score (nSPS) is 17.7. The fourth-order valence-electron chi connectivity index (χ4n) is 3.03. The lowest BCUT2D eigenvalue weighted by Crippen LogP contribution is -2.30. The van der Waals surface area contributed by atoms with Crippen LogP contribution in [0.1, 0.15) is 11.1 Å². The lowest BCUT2D eigenvalue weighted by atomic mass is 9.91. The first-order valence-electron chi connectivity index (χ1n) is 7.66. The summed E-state index contributed by atoms with van der Waals surface area (Å²) in [5.74, 6) is -0.862. The third kappa shape index (κ3) is 2.27. The summed E-state index contributed by atoms with van der Waals surface area (Å²) in [5.41, 5.74) is 0.388. The first kappa shape index (κ1) is 15.0. The van der Waals surface area contributed by atoms with Gasteiger partial charge in [0, 0.05) is 35.7 Å². The first-order chi connectivity index (χ1) is 12.1. The Labute approximate surface area is 143 Å². The Kier molecular flexibility index (Phi) is 3.32. The number of aromatic hydroxyl groups is 1. The maximum atomic E-state index is 11.9. The molecule has 2 amide bonds. The van der Waals surface area contributed by atoms with Gasteiger partial charge in [0.1, 0.15) is 5.75 Å². The van der Waals surface area contributed by atoms with E-state index in [0.29, 0.717) is 11.3 Å². The summed E-state index contributed by atoms with van der Waals surface area (Å²) in [6, 6.07) is 13.9. The zero-order valence-electron chi connectivity index (χ0n) is 13.0. The number of benzene rings is 2. The number of nitrogens with zero attached hydrogens (tertiary/aromatic N) is 3. The number of carbonyl (C=O) groups is 2. The second-order valence-corrected chi connectivity index (χ2v) is 5.64. The first-order valence-corrected chi connectivity index (χ1v) is 7.66. The van der Waals surface area contributed by atoms with Crippen molar-refractivity contribution in [2.24, 2.45) is 9.98 Å². The Morgan fingerprint density at radius 3 is 2.16 bits per heavy atom. The molecule has 1 N–H and O–H groups in total. The van der Waals surface area contributed by atoms with Crippen LogP contribution in [0.3, 0.4) is 0 Å². The summed E-state index contributed by atoms with van der Waals surface area (Å²) >= 11 is 0. The molecule has 2 heterocycles. The van der Waals surface area contributed by atoms with Crippen molar-refractivity contribution < 1.29 is 14.7 Å². The zero-order valence-corrected chi connectivity index (χ0v) is 13.0. The highest BCUT2D eigenvalue weighted by Crippen LogP contribution is 2.42. The van der Waals surface area contributed by atoms with E-state index in [0.717, 1.165) is 10.5 Å². The van der Waals surface area contributed by atoms with Crippen LogP contribution in [0.5, 0.6) is 5.75 Å². The fraction of sp³-hybridized carbons (Fsp3) is 0.0526. The van der Waals surface area contributed by atoms with Crippen molar-refractivity contribution in [1.29, 1.82) is 0 Å². The number of carbonyl (C=O) groups excluding carboxylic acids is 2. The van der Waals surface area contributed by atoms with Crippen molar-refractivity contribution in [3.8, 4) is 5.75 Å². The zero-order chi connectivity index (χ0) is 17.4. The van der Waals surface area contributed by atoms with E-state index in [4.69, 9.17) is 0 Å². The SMILES string of the molecule is O=C1C=CC(=O)N1c1ccc(O)c(C2(c3ccccc3)N=CC=N2)c1. The topological polar surface area (TPSA) is 82.3 Å². The molecule has 2 aromatic rings. The van der Waals surface area contributed by atoms with Crippen molar-refractivity contribution in [3.05, 3.63) is 71.8 Å². The van der Waals surface area contributed by atoms with Crippen LogP contribution in [-0.2, 0) is 15.3 Å². The lowest BCUT2D eigenvalue weighted by Gasteiger charge is -2.26. The molecule has 0 spiro atoms. The van der Waals surface area contributed by atoms with E-state index >= 15 is 0 Å². The highest BCUT2D eigenvalue weighted by atomic mass is 16.3. The summed E-state index contributed by atoms with van der Waals surface area (Å²) in [6.45, 7) is 0. The minimum absolute atomic E-state index is 0.0177. The number of hydrogen-bond acceptors (Lipinski definition) is 5. The molecule has 0 atom stereocenters. The van der Waals surface area contributed by atoms with Crippen LogP contribution in [0.4, 0.5) is 5.69 Å². The predicted molar refractivity (Wildman–Crippen MR) is 93.9 cm³/mol. The van der Waals surface area contributed by atoms with E-state index in [1.165, 1.54) is 24.3 Å². The lowest BCUT2D eigenvalue weighted by molar-refractivity contribution is -0.119. The number of amides is 2. The molecule has 0 bridgehead atoms. The number of rotatable bonds is 3. The minimum Gasteiger partial charge on any atom is -0.507 e. The van der Waals surface area contributed by atoms with Gasteiger partial charge in [0.2, 0.25) is 5.66 Å². The summed E-state index contributed by atoms with van der Waals surface area (Å²) in [4.78, 5) is 33.9. The molecule has 2 aromatic carbocycles. The molecule has 0 aromatic heterocycles. The Balaban J connectivity index is 1.89. The van der Waals surface area contributed by atoms with E-state index in [-0.39, 0.29) is 5.75 Å². The quantitative estimate of drug-likeness (QED) is 0.875. The largest absolute Gasteiger partial charge is 0.507 e. The van der Waals surface area contributed by atoms with E-state index in [1.807, 2.05) is 30.3 Å². The molecule has 25 heavy (non-hydrogen) atoms. The van der Waals surface area contributed by atoms with Crippen molar-refractivity contribution in [2.45, 2.75) is 5.66 Å². The minimum atomic E-state index is -1.14. The Morgan fingerprint density at radius 2 is 1.52 bits per heavy atom. The molecular formula is C19H13N3O3. The molecule has 0 saturated carbocycles. The van der Waals surface area contributed by atoms with Crippen molar-refractivity contribution in [1.82, 2.24) is 0 Å².